The number of ether oxygens (including phenoxy) is 1. The summed E-state index contributed by atoms with van der Waals surface area (Å²) in [5, 5.41) is 5.23. The number of thiazole rings is 1. The van der Waals surface area contributed by atoms with E-state index in [0.717, 1.165) is 11.1 Å². The smallest absolute Gasteiger partial charge is 0.265 e. The van der Waals surface area contributed by atoms with E-state index in [0.29, 0.717) is 34.4 Å². The highest BCUT2D eigenvalue weighted by Gasteiger charge is 2.25. The Bertz CT molecular complexity index is 1110. The summed E-state index contributed by atoms with van der Waals surface area (Å²) >= 11 is 1.35. The molecular weight excluding hydrogens is 386 g/mol. The summed E-state index contributed by atoms with van der Waals surface area (Å²) in [5.74, 6) is 0.341. The van der Waals surface area contributed by atoms with Crippen LogP contribution in [0.3, 0.4) is 0 Å². The highest BCUT2D eigenvalue weighted by Crippen LogP contribution is 2.36. The van der Waals surface area contributed by atoms with E-state index in [1.54, 1.807) is 17.0 Å². The molecule has 146 valence electrons. The third-order valence-electron chi connectivity index (χ3n) is 4.51. The first-order valence-electron chi connectivity index (χ1n) is 9.07. The van der Waals surface area contributed by atoms with Gasteiger partial charge in [-0.25, -0.2) is 4.98 Å². The molecule has 0 radical (unpaired) electrons. The van der Waals surface area contributed by atoms with Gasteiger partial charge in [0.25, 0.3) is 11.8 Å². The lowest BCUT2D eigenvalue weighted by Crippen LogP contribution is -2.38. The topological polar surface area (TPSA) is 71.5 Å². The minimum absolute atomic E-state index is 0.0199. The molecule has 0 bridgehead atoms. The van der Waals surface area contributed by atoms with Crippen molar-refractivity contribution in [2.24, 2.45) is 0 Å². The maximum absolute atomic E-state index is 12.4. The van der Waals surface area contributed by atoms with Gasteiger partial charge in [-0.05, 0) is 37.3 Å². The molecule has 3 aromatic rings. The molecule has 2 aromatic carbocycles. The molecule has 7 heteroatoms. The van der Waals surface area contributed by atoms with Gasteiger partial charge in [0.15, 0.2) is 11.7 Å². The molecule has 0 unspecified atom stereocenters. The Balaban J connectivity index is 1.57. The zero-order chi connectivity index (χ0) is 20.4. The predicted octanol–water partition coefficient (Wildman–Crippen LogP) is 4.28. The fraction of sp³-hybridized carbons (Fsp3) is 0.136. The quantitative estimate of drug-likeness (QED) is 0.643. The Morgan fingerprint density at radius 1 is 1.34 bits per heavy atom. The number of hydrogen-bond acceptors (Lipinski definition) is 5. The van der Waals surface area contributed by atoms with Gasteiger partial charge in [-0.3, -0.25) is 14.9 Å². The number of rotatable bonds is 5. The number of fused-ring (bicyclic) bond motifs is 1. The molecule has 1 aliphatic rings. The molecule has 29 heavy (non-hydrogen) atoms. The van der Waals surface area contributed by atoms with E-state index in [2.05, 4.69) is 16.9 Å². The van der Waals surface area contributed by atoms with Crippen LogP contribution in [0, 0.1) is 6.92 Å². The molecule has 0 saturated heterocycles. The minimum atomic E-state index is -0.198. The van der Waals surface area contributed by atoms with Crippen molar-refractivity contribution in [2.45, 2.75) is 6.92 Å². The van der Waals surface area contributed by atoms with E-state index < -0.39 is 0 Å². The van der Waals surface area contributed by atoms with Gasteiger partial charge in [-0.1, -0.05) is 23.8 Å². The number of carbonyl (C=O) groups excluding carboxylic acids is 2. The number of nitrogens with one attached hydrogen (secondary N) is 1. The summed E-state index contributed by atoms with van der Waals surface area (Å²) in [5.41, 5.74) is 3.85. The van der Waals surface area contributed by atoms with Crippen LogP contribution in [-0.4, -0.2) is 29.9 Å². The standard InChI is InChI=1S/C22H19N3O3S/c1-3-9-25-18-11-15(7-8-19(18)28-12-20(25)26)17-13-29-22(23-17)24-21(27)16-6-4-5-14(2)10-16/h3-8,10-11,13H,1,9,12H2,2H3,(H,23,24,27). The van der Waals surface area contributed by atoms with E-state index in [1.807, 2.05) is 48.7 Å². The lowest BCUT2D eigenvalue weighted by Gasteiger charge is -2.28. The van der Waals surface area contributed by atoms with Crippen LogP contribution in [0.2, 0.25) is 0 Å². The average molecular weight is 405 g/mol. The number of benzene rings is 2. The van der Waals surface area contributed by atoms with Crippen LogP contribution >= 0.6 is 11.3 Å². The number of carbonyl (C=O) groups is 2. The van der Waals surface area contributed by atoms with Crippen molar-refractivity contribution >= 4 is 34.0 Å². The molecule has 1 aliphatic heterocycles. The van der Waals surface area contributed by atoms with Gasteiger partial charge in [-0.2, -0.15) is 0 Å². The van der Waals surface area contributed by atoms with Crippen molar-refractivity contribution < 1.29 is 14.3 Å². The normalized spacial score (nSPS) is 12.9. The molecule has 0 saturated carbocycles. The third-order valence-corrected chi connectivity index (χ3v) is 5.27. The summed E-state index contributed by atoms with van der Waals surface area (Å²) < 4.78 is 5.52. The molecule has 4 rings (SSSR count). The van der Waals surface area contributed by atoms with E-state index >= 15 is 0 Å². The van der Waals surface area contributed by atoms with Gasteiger partial charge >= 0.3 is 0 Å². The summed E-state index contributed by atoms with van der Waals surface area (Å²) in [6.45, 7) is 6.09. The number of nitrogens with zero attached hydrogens (tertiary/aromatic N) is 2. The van der Waals surface area contributed by atoms with Crippen LogP contribution in [0.15, 0.2) is 60.5 Å². The van der Waals surface area contributed by atoms with Crippen molar-refractivity contribution in [3.8, 4) is 17.0 Å². The highest BCUT2D eigenvalue weighted by atomic mass is 32.1. The van der Waals surface area contributed by atoms with Gasteiger partial charge in [0.1, 0.15) is 5.75 Å². The second kappa shape index (κ2) is 7.89. The lowest BCUT2D eigenvalue weighted by atomic mass is 10.1. The number of amides is 2. The Labute approximate surface area is 172 Å². The van der Waals surface area contributed by atoms with E-state index in [9.17, 15) is 9.59 Å². The Hall–Kier alpha value is -3.45. The number of aryl methyl sites for hydroxylation is 1. The first-order chi connectivity index (χ1) is 14.0. The predicted molar refractivity (Wildman–Crippen MR) is 115 cm³/mol. The Kier molecular flexibility index (Phi) is 5.14. The van der Waals surface area contributed by atoms with Gasteiger partial charge in [0.2, 0.25) is 0 Å². The van der Waals surface area contributed by atoms with E-state index in [4.69, 9.17) is 4.74 Å². The van der Waals surface area contributed by atoms with Crippen LogP contribution in [0.25, 0.3) is 11.3 Å². The van der Waals surface area contributed by atoms with Crippen LogP contribution < -0.4 is 15.0 Å². The molecule has 0 fully saturated rings. The van der Waals surface area contributed by atoms with Crippen LogP contribution in [0.5, 0.6) is 5.75 Å². The number of aromatic nitrogens is 1. The zero-order valence-electron chi connectivity index (χ0n) is 15.8. The largest absolute Gasteiger partial charge is 0.482 e. The average Bonchev–Trinajstić information content (AvgIpc) is 3.18. The van der Waals surface area contributed by atoms with Crippen molar-refractivity contribution in [3.63, 3.8) is 0 Å². The van der Waals surface area contributed by atoms with E-state index in [-0.39, 0.29) is 18.4 Å². The van der Waals surface area contributed by atoms with Gasteiger partial charge in [-0.15, -0.1) is 17.9 Å². The molecule has 0 aliphatic carbocycles. The number of hydrogen-bond donors (Lipinski definition) is 1. The maximum Gasteiger partial charge on any atom is 0.265 e. The van der Waals surface area contributed by atoms with E-state index in [1.165, 1.54) is 11.3 Å². The maximum atomic E-state index is 12.4. The summed E-state index contributed by atoms with van der Waals surface area (Å²) in [6.07, 6.45) is 1.68. The number of anilines is 2. The fourth-order valence-electron chi connectivity index (χ4n) is 3.11. The molecule has 0 spiro atoms. The summed E-state index contributed by atoms with van der Waals surface area (Å²) in [7, 11) is 0. The van der Waals surface area contributed by atoms with Crippen LogP contribution in [0.1, 0.15) is 15.9 Å². The second-order valence-corrected chi connectivity index (χ2v) is 7.48. The Morgan fingerprint density at radius 3 is 3.00 bits per heavy atom. The van der Waals surface area contributed by atoms with Crippen molar-refractivity contribution in [1.82, 2.24) is 4.98 Å². The highest BCUT2D eigenvalue weighted by molar-refractivity contribution is 7.14. The molecular formula is C22H19N3O3S. The van der Waals surface area contributed by atoms with Gasteiger partial charge < -0.3 is 9.64 Å². The first kappa shape index (κ1) is 18.9. The van der Waals surface area contributed by atoms with Gasteiger partial charge in [0.05, 0.1) is 11.4 Å². The monoisotopic (exact) mass is 405 g/mol. The molecule has 0 atom stereocenters. The fourth-order valence-corrected chi connectivity index (χ4v) is 3.82. The molecule has 1 aromatic heterocycles. The summed E-state index contributed by atoms with van der Waals surface area (Å²) in [6, 6.07) is 13.0. The minimum Gasteiger partial charge on any atom is -0.482 e. The van der Waals surface area contributed by atoms with Crippen LogP contribution in [-0.2, 0) is 4.79 Å². The lowest BCUT2D eigenvalue weighted by molar-refractivity contribution is -0.121. The van der Waals surface area contributed by atoms with Crippen molar-refractivity contribution in [3.05, 3.63) is 71.6 Å². The summed E-state index contributed by atoms with van der Waals surface area (Å²) in [4.78, 5) is 30.8. The van der Waals surface area contributed by atoms with Gasteiger partial charge in [0, 0.05) is 23.1 Å². The Morgan fingerprint density at radius 2 is 2.21 bits per heavy atom. The molecule has 6 nitrogen and oxygen atoms in total. The van der Waals surface area contributed by atoms with Crippen molar-refractivity contribution in [1.29, 1.82) is 0 Å². The SMILES string of the molecule is C=CCN1C(=O)COc2ccc(-c3csc(NC(=O)c4cccc(C)c4)n3)cc21. The van der Waals surface area contributed by atoms with Crippen LogP contribution in [0.4, 0.5) is 10.8 Å². The molecule has 1 N–H and O–H groups in total. The molecule has 2 amide bonds. The zero-order valence-corrected chi connectivity index (χ0v) is 16.7. The van der Waals surface area contributed by atoms with Crippen molar-refractivity contribution in [2.75, 3.05) is 23.4 Å². The molecule has 2 heterocycles. The third kappa shape index (κ3) is 3.90. The second-order valence-electron chi connectivity index (χ2n) is 6.63. The first-order valence-corrected chi connectivity index (χ1v) is 9.95.